The molecule has 0 aliphatic heterocycles. The standard InChI is InChI=1S/C76H148O17P2/c1-7-10-12-14-16-18-19-29-36-42-48-54-60-75(80)92-71(64-86-73(78)58-52-46-40-17-15-13-11-8-2)66-90-94(82,83)88-62-70(77)63-89-95(84,85)91-67-72(65-87-74(79)59-53-47-41-35-32-31-33-38-44-50-56-68(4)5)93-76(81)61-55-49-43-37-30-27-25-23-21-20-22-24-26-28-34-39-45-51-57-69(6)9-3/h68-72,77H,7-67H2,1-6H3,(H,82,83)(H,84,85)/t69?,70-,71+,72+/m0/s1. The highest BCUT2D eigenvalue weighted by Gasteiger charge is 2.30. The Morgan fingerprint density at radius 3 is 0.800 bits per heavy atom. The molecule has 0 fully saturated rings. The van der Waals surface area contributed by atoms with E-state index in [0.717, 1.165) is 108 Å². The Kier molecular flexibility index (Phi) is 66.5. The molecule has 0 rings (SSSR count). The van der Waals surface area contributed by atoms with Gasteiger partial charge >= 0.3 is 39.5 Å². The van der Waals surface area contributed by atoms with Gasteiger partial charge in [-0.3, -0.25) is 37.3 Å². The molecule has 0 aliphatic rings. The minimum atomic E-state index is -4.96. The van der Waals surface area contributed by atoms with Crippen molar-refractivity contribution in [1.82, 2.24) is 0 Å². The second-order valence-electron chi connectivity index (χ2n) is 28.1. The van der Waals surface area contributed by atoms with Gasteiger partial charge in [0.15, 0.2) is 12.2 Å². The van der Waals surface area contributed by atoms with E-state index in [2.05, 4.69) is 41.5 Å². The number of esters is 4. The van der Waals surface area contributed by atoms with Crippen LogP contribution in [0.25, 0.3) is 0 Å². The molecule has 95 heavy (non-hydrogen) atoms. The van der Waals surface area contributed by atoms with Crippen LogP contribution < -0.4 is 0 Å². The number of ether oxygens (including phenoxy) is 4. The van der Waals surface area contributed by atoms with Gasteiger partial charge in [0.25, 0.3) is 0 Å². The highest BCUT2D eigenvalue weighted by molar-refractivity contribution is 7.47. The molecule has 0 amide bonds. The smallest absolute Gasteiger partial charge is 0.462 e. The molecule has 6 atom stereocenters. The first-order chi connectivity index (χ1) is 45.9. The zero-order chi connectivity index (χ0) is 70.0. The van der Waals surface area contributed by atoms with E-state index in [-0.39, 0.29) is 25.7 Å². The topological polar surface area (TPSA) is 237 Å². The third-order valence-corrected chi connectivity index (χ3v) is 20.0. The first-order valence-corrected chi connectivity index (χ1v) is 42.5. The molecule has 0 aromatic heterocycles. The number of phosphoric ester groups is 2. The monoisotopic (exact) mass is 1400 g/mol. The average molecular weight is 1400 g/mol. The van der Waals surface area contributed by atoms with E-state index in [9.17, 15) is 43.2 Å². The summed E-state index contributed by atoms with van der Waals surface area (Å²) in [7, 11) is -9.90. The number of phosphoric acid groups is 2. The van der Waals surface area contributed by atoms with Crippen molar-refractivity contribution in [2.45, 2.75) is 413 Å². The first kappa shape index (κ1) is 93.1. The van der Waals surface area contributed by atoms with Crippen molar-refractivity contribution in [3.63, 3.8) is 0 Å². The van der Waals surface area contributed by atoms with Gasteiger partial charge in [0.05, 0.1) is 26.4 Å². The summed E-state index contributed by atoms with van der Waals surface area (Å²) >= 11 is 0. The molecule has 3 N–H and O–H groups in total. The summed E-state index contributed by atoms with van der Waals surface area (Å²) < 4.78 is 68.4. The van der Waals surface area contributed by atoms with Crippen LogP contribution in [0.3, 0.4) is 0 Å². The largest absolute Gasteiger partial charge is 0.472 e. The first-order valence-electron chi connectivity index (χ1n) is 39.5. The van der Waals surface area contributed by atoms with Crippen molar-refractivity contribution in [3.8, 4) is 0 Å². The second-order valence-corrected chi connectivity index (χ2v) is 31.0. The number of carbonyl (C=O) groups excluding carboxylic acids is 4. The van der Waals surface area contributed by atoms with Gasteiger partial charge in [-0.05, 0) is 37.5 Å². The number of aliphatic hydroxyl groups is 1. The second kappa shape index (κ2) is 67.9. The molecule has 0 aromatic carbocycles. The number of carbonyl (C=O) groups is 4. The van der Waals surface area contributed by atoms with Gasteiger partial charge in [0, 0.05) is 25.7 Å². The van der Waals surface area contributed by atoms with E-state index in [1.807, 2.05) is 0 Å². The quantitative estimate of drug-likeness (QED) is 0.0222. The summed E-state index contributed by atoms with van der Waals surface area (Å²) in [5, 5.41) is 10.6. The molecule has 0 aliphatic carbocycles. The predicted octanol–water partition coefficient (Wildman–Crippen LogP) is 22.3. The number of hydrogen-bond donors (Lipinski definition) is 3. The van der Waals surface area contributed by atoms with E-state index in [1.165, 1.54) is 205 Å². The van der Waals surface area contributed by atoms with Gasteiger partial charge in [-0.1, -0.05) is 343 Å². The number of aliphatic hydroxyl groups excluding tert-OH is 1. The Balaban J connectivity index is 5.16. The highest BCUT2D eigenvalue weighted by atomic mass is 31.2. The van der Waals surface area contributed by atoms with E-state index < -0.39 is 97.5 Å². The predicted molar refractivity (Wildman–Crippen MR) is 386 cm³/mol. The summed E-state index contributed by atoms with van der Waals surface area (Å²) in [5.41, 5.74) is 0. The summed E-state index contributed by atoms with van der Waals surface area (Å²) in [6.07, 6.45) is 55.5. The molecule has 564 valence electrons. The van der Waals surface area contributed by atoms with Crippen molar-refractivity contribution in [2.24, 2.45) is 11.8 Å². The van der Waals surface area contributed by atoms with Crippen LogP contribution in [0.5, 0.6) is 0 Å². The van der Waals surface area contributed by atoms with Crippen LogP contribution in [0.2, 0.25) is 0 Å². The lowest BCUT2D eigenvalue weighted by Gasteiger charge is -2.21. The molecule has 17 nitrogen and oxygen atoms in total. The lowest BCUT2D eigenvalue weighted by atomic mass is 9.99. The van der Waals surface area contributed by atoms with E-state index in [4.69, 9.17) is 37.0 Å². The van der Waals surface area contributed by atoms with Crippen LogP contribution >= 0.6 is 15.6 Å². The molecule has 0 heterocycles. The highest BCUT2D eigenvalue weighted by Crippen LogP contribution is 2.45. The molecule has 0 aromatic rings. The molecule has 19 heteroatoms. The molecular weight excluding hydrogens is 1250 g/mol. The van der Waals surface area contributed by atoms with Gasteiger partial charge in [0.1, 0.15) is 19.3 Å². The Bertz CT molecular complexity index is 1840. The summed E-state index contributed by atoms with van der Waals surface area (Å²) in [6.45, 7) is 9.63. The van der Waals surface area contributed by atoms with E-state index in [1.54, 1.807) is 0 Å². The molecule has 0 spiro atoms. The van der Waals surface area contributed by atoms with Crippen LogP contribution in [0, 0.1) is 11.8 Å². The number of hydrogen-bond acceptors (Lipinski definition) is 15. The summed E-state index contributed by atoms with van der Waals surface area (Å²) in [5.74, 6) is -0.489. The molecule has 3 unspecified atom stereocenters. The Morgan fingerprint density at radius 2 is 0.537 bits per heavy atom. The summed E-state index contributed by atoms with van der Waals surface area (Å²) in [6, 6.07) is 0. The van der Waals surface area contributed by atoms with Crippen LogP contribution in [-0.2, 0) is 65.4 Å². The van der Waals surface area contributed by atoms with Crippen LogP contribution in [0.4, 0.5) is 0 Å². The Labute approximate surface area is 581 Å². The fraction of sp³-hybridized carbons (Fsp3) is 0.947. The number of rotatable bonds is 75. The minimum Gasteiger partial charge on any atom is -0.462 e. The Hall–Kier alpha value is -1.94. The molecule has 0 saturated carbocycles. The Morgan fingerprint density at radius 1 is 0.305 bits per heavy atom. The van der Waals surface area contributed by atoms with Crippen molar-refractivity contribution >= 4 is 39.5 Å². The van der Waals surface area contributed by atoms with Gasteiger partial charge < -0.3 is 33.8 Å². The van der Waals surface area contributed by atoms with Gasteiger partial charge in [-0.2, -0.15) is 0 Å². The lowest BCUT2D eigenvalue weighted by Crippen LogP contribution is -2.30. The zero-order valence-electron chi connectivity index (χ0n) is 62.0. The van der Waals surface area contributed by atoms with Crippen molar-refractivity contribution < 1.29 is 80.2 Å². The van der Waals surface area contributed by atoms with Gasteiger partial charge in [0.2, 0.25) is 0 Å². The zero-order valence-corrected chi connectivity index (χ0v) is 63.8. The molecule has 0 bridgehead atoms. The molecular formula is C76H148O17P2. The fourth-order valence-electron chi connectivity index (χ4n) is 11.6. The maximum atomic E-state index is 13.1. The van der Waals surface area contributed by atoms with Crippen LogP contribution in [0.1, 0.15) is 395 Å². The minimum absolute atomic E-state index is 0.107. The fourth-order valence-corrected chi connectivity index (χ4v) is 13.2. The van der Waals surface area contributed by atoms with E-state index >= 15 is 0 Å². The molecule has 0 radical (unpaired) electrons. The maximum Gasteiger partial charge on any atom is 0.472 e. The number of unbranched alkanes of at least 4 members (excludes halogenated alkanes) is 44. The normalized spacial score (nSPS) is 14.3. The van der Waals surface area contributed by atoms with Crippen LogP contribution in [0.15, 0.2) is 0 Å². The maximum absolute atomic E-state index is 13.1. The molecule has 0 saturated heterocycles. The summed E-state index contributed by atoms with van der Waals surface area (Å²) in [4.78, 5) is 72.7. The average Bonchev–Trinajstić information content (AvgIpc) is 3.77. The SMILES string of the molecule is CCCCCCCCCCCCCCC(=O)O[C@H](COC(=O)CCCCCCCCCC)COP(=O)(O)OC[C@H](O)COP(=O)(O)OC[C@@H](COC(=O)CCCCCCCCCCCCC(C)C)OC(=O)CCCCCCCCCCCCCCCCCCCCC(C)CC. The van der Waals surface area contributed by atoms with Crippen molar-refractivity contribution in [2.75, 3.05) is 39.6 Å². The van der Waals surface area contributed by atoms with Gasteiger partial charge in [-0.25, -0.2) is 9.13 Å². The van der Waals surface area contributed by atoms with Crippen LogP contribution in [-0.4, -0.2) is 96.7 Å². The van der Waals surface area contributed by atoms with Crippen molar-refractivity contribution in [3.05, 3.63) is 0 Å². The lowest BCUT2D eigenvalue weighted by molar-refractivity contribution is -0.161. The van der Waals surface area contributed by atoms with Crippen molar-refractivity contribution in [1.29, 1.82) is 0 Å². The third-order valence-electron chi connectivity index (χ3n) is 18.1. The third kappa shape index (κ3) is 69.0. The van der Waals surface area contributed by atoms with Gasteiger partial charge in [-0.15, -0.1) is 0 Å². The van der Waals surface area contributed by atoms with E-state index in [0.29, 0.717) is 25.7 Å².